The standard InChI is InChI=1S/C8H16N4O2S/c1-8(2,3)5-6-10-11-7(12(6)4)15(9,13)14/h5H2,1-4H3,(H2,9,13,14). The largest absolute Gasteiger partial charge is 0.304 e. The number of rotatable bonds is 2. The zero-order chi connectivity index (χ0) is 11.9. The fraction of sp³-hybridized carbons (Fsp3) is 0.750. The van der Waals surface area contributed by atoms with Gasteiger partial charge in [-0.25, -0.2) is 13.6 Å². The SMILES string of the molecule is Cn1c(CC(C)(C)C)nnc1S(N)(=O)=O. The molecule has 86 valence electrons. The third-order valence-electron chi connectivity index (χ3n) is 1.87. The topological polar surface area (TPSA) is 90.9 Å². The molecule has 1 rings (SSSR count). The molecule has 0 amide bonds. The number of nitrogens with two attached hydrogens (primary N) is 1. The second-order valence-electron chi connectivity index (χ2n) is 4.74. The highest BCUT2D eigenvalue weighted by Gasteiger charge is 2.21. The number of primary sulfonamides is 1. The zero-order valence-electron chi connectivity index (χ0n) is 9.35. The van der Waals surface area contributed by atoms with E-state index in [-0.39, 0.29) is 10.6 Å². The summed E-state index contributed by atoms with van der Waals surface area (Å²) in [5, 5.41) is 12.2. The van der Waals surface area contributed by atoms with Crippen molar-refractivity contribution >= 4 is 10.0 Å². The molecule has 0 aromatic carbocycles. The summed E-state index contributed by atoms with van der Waals surface area (Å²) in [6.07, 6.45) is 0.645. The van der Waals surface area contributed by atoms with Crippen LogP contribution in [0.2, 0.25) is 0 Å². The van der Waals surface area contributed by atoms with Crippen LogP contribution in [0.1, 0.15) is 26.6 Å². The van der Waals surface area contributed by atoms with Crippen LogP contribution in [-0.4, -0.2) is 23.2 Å². The molecular weight excluding hydrogens is 216 g/mol. The Hall–Kier alpha value is -0.950. The lowest BCUT2D eigenvalue weighted by Crippen LogP contribution is -2.19. The highest BCUT2D eigenvalue weighted by atomic mass is 32.2. The van der Waals surface area contributed by atoms with Crippen molar-refractivity contribution in [2.45, 2.75) is 32.3 Å². The van der Waals surface area contributed by atoms with E-state index in [0.717, 1.165) is 0 Å². The zero-order valence-corrected chi connectivity index (χ0v) is 10.2. The Morgan fingerprint density at radius 2 is 1.87 bits per heavy atom. The monoisotopic (exact) mass is 232 g/mol. The second-order valence-corrected chi connectivity index (χ2v) is 6.20. The molecule has 2 N–H and O–H groups in total. The average molecular weight is 232 g/mol. The summed E-state index contributed by atoms with van der Waals surface area (Å²) >= 11 is 0. The quantitative estimate of drug-likeness (QED) is 0.780. The molecular formula is C8H16N4O2S. The molecule has 0 saturated heterocycles. The van der Waals surface area contributed by atoms with Crippen molar-refractivity contribution in [2.75, 3.05) is 0 Å². The van der Waals surface area contributed by atoms with Crippen molar-refractivity contribution in [3.05, 3.63) is 5.82 Å². The molecule has 7 heteroatoms. The van der Waals surface area contributed by atoms with E-state index in [9.17, 15) is 8.42 Å². The fourth-order valence-corrected chi connectivity index (χ4v) is 1.86. The minimum atomic E-state index is -3.78. The van der Waals surface area contributed by atoms with Gasteiger partial charge >= 0.3 is 0 Å². The van der Waals surface area contributed by atoms with Gasteiger partial charge in [-0.15, -0.1) is 10.2 Å². The predicted molar refractivity (Wildman–Crippen MR) is 55.5 cm³/mol. The molecule has 0 bridgehead atoms. The van der Waals surface area contributed by atoms with Crippen LogP contribution in [0.15, 0.2) is 5.16 Å². The Morgan fingerprint density at radius 3 is 2.20 bits per heavy atom. The summed E-state index contributed by atoms with van der Waals surface area (Å²) in [5.41, 5.74) is 0.0242. The minimum Gasteiger partial charge on any atom is -0.304 e. The highest BCUT2D eigenvalue weighted by molar-refractivity contribution is 7.89. The van der Waals surface area contributed by atoms with E-state index in [1.165, 1.54) is 4.57 Å². The van der Waals surface area contributed by atoms with Gasteiger partial charge in [0, 0.05) is 13.5 Å². The molecule has 0 aliphatic heterocycles. The second kappa shape index (κ2) is 3.57. The van der Waals surface area contributed by atoms with E-state index in [1.807, 2.05) is 20.8 Å². The van der Waals surface area contributed by atoms with Gasteiger partial charge in [-0.3, -0.25) is 0 Å². The normalized spacial score (nSPS) is 13.1. The summed E-state index contributed by atoms with van der Waals surface area (Å²) in [6.45, 7) is 6.12. The number of hydrogen-bond donors (Lipinski definition) is 1. The Kier molecular flexibility index (Phi) is 2.88. The Balaban J connectivity index is 3.11. The van der Waals surface area contributed by atoms with E-state index in [4.69, 9.17) is 5.14 Å². The maximum atomic E-state index is 11.1. The Morgan fingerprint density at radius 1 is 1.33 bits per heavy atom. The first kappa shape index (κ1) is 12.1. The van der Waals surface area contributed by atoms with Gasteiger partial charge in [0.1, 0.15) is 5.82 Å². The summed E-state index contributed by atoms with van der Waals surface area (Å²) in [4.78, 5) is 0. The molecule has 0 radical (unpaired) electrons. The van der Waals surface area contributed by atoms with Crippen molar-refractivity contribution in [3.63, 3.8) is 0 Å². The minimum absolute atomic E-state index is 0.0242. The molecule has 0 unspecified atom stereocenters. The van der Waals surface area contributed by atoms with Gasteiger partial charge in [-0.05, 0) is 5.41 Å². The third-order valence-corrected chi connectivity index (χ3v) is 2.73. The van der Waals surface area contributed by atoms with E-state index in [2.05, 4.69) is 10.2 Å². The van der Waals surface area contributed by atoms with Crippen LogP contribution in [-0.2, 0) is 23.5 Å². The van der Waals surface area contributed by atoms with Crippen molar-refractivity contribution in [1.82, 2.24) is 14.8 Å². The van der Waals surface area contributed by atoms with Crippen molar-refractivity contribution in [1.29, 1.82) is 0 Å². The lowest BCUT2D eigenvalue weighted by atomic mass is 9.92. The number of nitrogens with zero attached hydrogens (tertiary/aromatic N) is 3. The van der Waals surface area contributed by atoms with Gasteiger partial charge in [0.15, 0.2) is 0 Å². The van der Waals surface area contributed by atoms with Crippen molar-refractivity contribution in [3.8, 4) is 0 Å². The third kappa shape index (κ3) is 3.00. The number of sulfonamides is 1. The molecule has 0 aliphatic rings. The summed E-state index contributed by atoms with van der Waals surface area (Å²) in [5.74, 6) is 0.617. The van der Waals surface area contributed by atoms with Gasteiger partial charge in [0.2, 0.25) is 0 Å². The van der Waals surface area contributed by atoms with E-state index >= 15 is 0 Å². The van der Waals surface area contributed by atoms with Crippen LogP contribution in [0.3, 0.4) is 0 Å². The van der Waals surface area contributed by atoms with Gasteiger partial charge in [-0.1, -0.05) is 20.8 Å². The molecule has 1 aromatic rings. The van der Waals surface area contributed by atoms with Crippen LogP contribution in [0, 0.1) is 5.41 Å². The lowest BCUT2D eigenvalue weighted by Gasteiger charge is -2.16. The molecule has 0 saturated carbocycles. The van der Waals surface area contributed by atoms with Gasteiger partial charge < -0.3 is 4.57 Å². The van der Waals surface area contributed by atoms with Crippen molar-refractivity contribution in [2.24, 2.45) is 17.6 Å². The van der Waals surface area contributed by atoms with Crippen LogP contribution < -0.4 is 5.14 Å². The van der Waals surface area contributed by atoms with Gasteiger partial charge in [0.25, 0.3) is 15.2 Å². The molecule has 1 aromatic heterocycles. The fourth-order valence-electron chi connectivity index (χ4n) is 1.22. The maximum Gasteiger partial charge on any atom is 0.273 e. The molecule has 0 spiro atoms. The first-order chi connectivity index (χ1) is 6.61. The van der Waals surface area contributed by atoms with E-state index in [1.54, 1.807) is 7.05 Å². The molecule has 15 heavy (non-hydrogen) atoms. The van der Waals surface area contributed by atoms with E-state index in [0.29, 0.717) is 12.2 Å². The molecule has 0 atom stereocenters. The first-order valence-electron chi connectivity index (χ1n) is 4.52. The molecule has 0 aliphatic carbocycles. The Labute approximate surface area is 89.5 Å². The van der Waals surface area contributed by atoms with Crippen LogP contribution in [0.5, 0.6) is 0 Å². The lowest BCUT2D eigenvalue weighted by molar-refractivity contribution is 0.393. The number of aromatic nitrogens is 3. The highest BCUT2D eigenvalue weighted by Crippen LogP contribution is 2.19. The number of hydrogen-bond acceptors (Lipinski definition) is 4. The first-order valence-corrected chi connectivity index (χ1v) is 6.07. The molecule has 6 nitrogen and oxygen atoms in total. The summed E-state index contributed by atoms with van der Waals surface area (Å²) < 4.78 is 23.6. The Bertz CT molecular complexity index is 455. The van der Waals surface area contributed by atoms with Gasteiger partial charge in [0.05, 0.1) is 0 Å². The maximum absolute atomic E-state index is 11.1. The van der Waals surface area contributed by atoms with Crippen LogP contribution in [0.4, 0.5) is 0 Å². The van der Waals surface area contributed by atoms with E-state index < -0.39 is 10.0 Å². The smallest absolute Gasteiger partial charge is 0.273 e. The van der Waals surface area contributed by atoms with Crippen LogP contribution >= 0.6 is 0 Å². The molecule has 0 fully saturated rings. The van der Waals surface area contributed by atoms with Crippen molar-refractivity contribution < 1.29 is 8.42 Å². The van der Waals surface area contributed by atoms with Gasteiger partial charge in [-0.2, -0.15) is 0 Å². The summed E-state index contributed by atoms with van der Waals surface area (Å²) in [7, 11) is -2.18. The predicted octanol–water partition coefficient (Wildman–Crippen LogP) is 0.0511. The average Bonchev–Trinajstić information content (AvgIpc) is 2.27. The van der Waals surface area contributed by atoms with Crippen LogP contribution in [0.25, 0.3) is 0 Å². The molecule has 1 heterocycles. The summed E-state index contributed by atoms with van der Waals surface area (Å²) in [6, 6.07) is 0.